The van der Waals surface area contributed by atoms with Gasteiger partial charge in [0.2, 0.25) is 0 Å². The Bertz CT molecular complexity index is 761. The lowest BCUT2D eigenvalue weighted by Gasteiger charge is -2.16. The van der Waals surface area contributed by atoms with E-state index in [4.69, 9.17) is 4.74 Å². The van der Waals surface area contributed by atoms with Crippen LogP contribution in [0.4, 0.5) is 15.0 Å². The average Bonchev–Trinajstić information content (AvgIpc) is 2.90. The molecule has 1 saturated heterocycles. The van der Waals surface area contributed by atoms with Crippen LogP contribution in [0, 0.1) is 5.82 Å². The van der Waals surface area contributed by atoms with E-state index in [1.807, 2.05) is 0 Å². The van der Waals surface area contributed by atoms with Crippen LogP contribution in [0.5, 0.6) is 5.75 Å². The Labute approximate surface area is 152 Å². The smallest absolute Gasteiger partial charge is 0.320 e. The number of benzene rings is 1. The van der Waals surface area contributed by atoms with Crippen LogP contribution in [0.3, 0.4) is 0 Å². The number of aromatic nitrogens is 1. The van der Waals surface area contributed by atoms with Crippen molar-refractivity contribution in [1.82, 2.24) is 15.6 Å². The van der Waals surface area contributed by atoms with Gasteiger partial charge in [0.1, 0.15) is 17.4 Å². The van der Waals surface area contributed by atoms with Gasteiger partial charge >= 0.3 is 6.03 Å². The normalized spacial score (nSPS) is 17.2. The predicted octanol–water partition coefficient (Wildman–Crippen LogP) is 3.16. The Morgan fingerprint density at radius 2 is 2.15 bits per heavy atom. The molecule has 0 radical (unpaired) electrons. The number of pyridine rings is 1. The number of anilines is 1. The standard InChI is InChI=1S/C19H23FN4O2/c1-26-17-12-14(20)4-5-16(17)13-6-10-22-18(11-13)24-19(25)23-15-3-2-8-21-9-7-15/h4-6,10-12,15,21H,2-3,7-9H2,1H3,(H2,22,23,24,25). The van der Waals surface area contributed by atoms with Crippen molar-refractivity contribution in [2.24, 2.45) is 0 Å². The summed E-state index contributed by atoms with van der Waals surface area (Å²) in [6, 6.07) is 7.76. The molecule has 1 aliphatic rings. The molecule has 3 N–H and O–H groups in total. The maximum Gasteiger partial charge on any atom is 0.320 e. The van der Waals surface area contributed by atoms with Crippen molar-refractivity contribution < 1.29 is 13.9 Å². The van der Waals surface area contributed by atoms with E-state index in [2.05, 4.69) is 20.9 Å². The minimum atomic E-state index is -0.365. The molecule has 1 aromatic carbocycles. The van der Waals surface area contributed by atoms with Crippen molar-refractivity contribution in [2.45, 2.75) is 25.3 Å². The molecule has 0 bridgehead atoms. The number of methoxy groups -OCH3 is 1. The van der Waals surface area contributed by atoms with Gasteiger partial charge in [0.15, 0.2) is 0 Å². The van der Waals surface area contributed by atoms with Crippen LogP contribution in [0.15, 0.2) is 36.5 Å². The van der Waals surface area contributed by atoms with Gasteiger partial charge in [-0.3, -0.25) is 5.32 Å². The van der Waals surface area contributed by atoms with Crippen molar-refractivity contribution in [3.8, 4) is 16.9 Å². The number of carbonyl (C=O) groups is 1. The number of nitrogens with one attached hydrogen (secondary N) is 3. The first-order valence-corrected chi connectivity index (χ1v) is 8.74. The number of nitrogens with zero attached hydrogens (tertiary/aromatic N) is 1. The van der Waals surface area contributed by atoms with Crippen LogP contribution < -0.4 is 20.7 Å². The predicted molar refractivity (Wildman–Crippen MR) is 98.8 cm³/mol. The molecule has 0 aliphatic carbocycles. The highest BCUT2D eigenvalue weighted by molar-refractivity contribution is 5.89. The lowest BCUT2D eigenvalue weighted by molar-refractivity contribution is 0.247. The largest absolute Gasteiger partial charge is 0.496 e. The molecular formula is C19H23FN4O2. The number of carbonyl (C=O) groups excluding carboxylic acids is 1. The van der Waals surface area contributed by atoms with Crippen LogP contribution in [-0.2, 0) is 0 Å². The highest BCUT2D eigenvalue weighted by Crippen LogP contribution is 2.31. The fourth-order valence-electron chi connectivity index (χ4n) is 3.07. The second-order valence-corrected chi connectivity index (χ2v) is 6.25. The van der Waals surface area contributed by atoms with E-state index >= 15 is 0 Å². The van der Waals surface area contributed by atoms with Gasteiger partial charge in [-0.25, -0.2) is 14.2 Å². The van der Waals surface area contributed by atoms with E-state index in [-0.39, 0.29) is 17.9 Å². The molecule has 26 heavy (non-hydrogen) atoms. The molecule has 2 heterocycles. The zero-order valence-electron chi connectivity index (χ0n) is 14.7. The molecule has 2 aromatic rings. The third-order valence-corrected chi connectivity index (χ3v) is 4.39. The number of urea groups is 1. The van der Waals surface area contributed by atoms with Gasteiger partial charge in [-0.15, -0.1) is 0 Å². The summed E-state index contributed by atoms with van der Waals surface area (Å²) in [6.07, 6.45) is 4.51. The summed E-state index contributed by atoms with van der Waals surface area (Å²) in [5, 5.41) is 9.08. The van der Waals surface area contributed by atoms with Crippen molar-refractivity contribution in [2.75, 3.05) is 25.5 Å². The Hall–Kier alpha value is -2.67. The lowest BCUT2D eigenvalue weighted by Crippen LogP contribution is -2.38. The van der Waals surface area contributed by atoms with Gasteiger partial charge in [0.05, 0.1) is 7.11 Å². The summed E-state index contributed by atoms with van der Waals surface area (Å²) < 4.78 is 18.6. The highest BCUT2D eigenvalue weighted by Gasteiger charge is 2.15. The fraction of sp³-hybridized carbons (Fsp3) is 0.368. The number of hydrogen-bond donors (Lipinski definition) is 3. The van der Waals surface area contributed by atoms with Gasteiger partial charge < -0.3 is 15.4 Å². The topological polar surface area (TPSA) is 75.3 Å². The SMILES string of the molecule is COc1cc(F)ccc1-c1ccnc(NC(=O)NC2CCCNCC2)c1. The Kier molecular flexibility index (Phi) is 6.01. The highest BCUT2D eigenvalue weighted by atomic mass is 19.1. The monoisotopic (exact) mass is 358 g/mol. The number of amides is 2. The van der Waals surface area contributed by atoms with E-state index in [1.165, 1.54) is 19.2 Å². The molecule has 1 aliphatic heterocycles. The first-order valence-electron chi connectivity index (χ1n) is 8.74. The van der Waals surface area contributed by atoms with Crippen LogP contribution in [0.2, 0.25) is 0 Å². The molecule has 0 saturated carbocycles. The van der Waals surface area contributed by atoms with E-state index < -0.39 is 0 Å². The fourth-order valence-corrected chi connectivity index (χ4v) is 3.07. The number of hydrogen-bond acceptors (Lipinski definition) is 4. The molecule has 7 heteroatoms. The van der Waals surface area contributed by atoms with E-state index in [9.17, 15) is 9.18 Å². The van der Waals surface area contributed by atoms with Gasteiger partial charge in [-0.1, -0.05) is 0 Å². The van der Waals surface area contributed by atoms with Crippen molar-refractivity contribution in [3.63, 3.8) is 0 Å². The second kappa shape index (κ2) is 8.62. The molecule has 0 spiro atoms. The van der Waals surface area contributed by atoms with Crippen LogP contribution >= 0.6 is 0 Å². The number of halogens is 1. The maximum absolute atomic E-state index is 13.4. The van der Waals surface area contributed by atoms with Crippen molar-refractivity contribution in [3.05, 3.63) is 42.3 Å². The zero-order chi connectivity index (χ0) is 18.4. The summed E-state index contributed by atoms with van der Waals surface area (Å²) in [5.74, 6) is 0.492. The number of ether oxygens (including phenoxy) is 1. The summed E-state index contributed by atoms with van der Waals surface area (Å²) in [5.41, 5.74) is 1.51. The van der Waals surface area contributed by atoms with Crippen molar-refractivity contribution in [1.29, 1.82) is 0 Å². The maximum atomic E-state index is 13.4. The van der Waals surface area contributed by atoms with Crippen LogP contribution in [0.25, 0.3) is 11.1 Å². The minimum Gasteiger partial charge on any atom is -0.496 e. The van der Waals surface area contributed by atoms with E-state index in [0.717, 1.165) is 43.5 Å². The third-order valence-electron chi connectivity index (χ3n) is 4.39. The summed E-state index contributed by atoms with van der Waals surface area (Å²) in [7, 11) is 1.49. The van der Waals surface area contributed by atoms with Gasteiger partial charge in [-0.2, -0.15) is 0 Å². The second-order valence-electron chi connectivity index (χ2n) is 6.25. The molecule has 6 nitrogen and oxygen atoms in total. The van der Waals surface area contributed by atoms with Crippen molar-refractivity contribution >= 4 is 11.8 Å². The summed E-state index contributed by atoms with van der Waals surface area (Å²) in [4.78, 5) is 16.4. The third kappa shape index (κ3) is 4.70. The molecular weight excluding hydrogens is 335 g/mol. The molecule has 1 atom stereocenters. The molecule has 1 unspecified atom stereocenters. The molecule has 2 amide bonds. The van der Waals surface area contributed by atoms with E-state index in [0.29, 0.717) is 11.6 Å². The first-order chi connectivity index (χ1) is 12.7. The molecule has 1 aromatic heterocycles. The Balaban J connectivity index is 1.70. The summed E-state index contributed by atoms with van der Waals surface area (Å²) >= 11 is 0. The zero-order valence-corrected chi connectivity index (χ0v) is 14.7. The first kappa shape index (κ1) is 18.1. The van der Waals surface area contributed by atoms with E-state index in [1.54, 1.807) is 24.4 Å². The lowest BCUT2D eigenvalue weighted by atomic mass is 10.1. The van der Waals surface area contributed by atoms with Crippen LogP contribution in [-0.4, -0.2) is 37.3 Å². The number of rotatable bonds is 4. The van der Waals surface area contributed by atoms with Gasteiger partial charge in [0, 0.05) is 23.9 Å². The van der Waals surface area contributed by atoms with Gasteiger partial charge in [-0.05, 0) is 62.2 Å². The molecule has 1 fully saturated rings. The quantitative estimate of drug-likeness (QED) is 0.785. The van der Waals surface area contributed by atoms with Gasteiger partial charge in [0.25, 0.3) is 0 Å². The molecule has 3 rings (SSSR count). The average molecular weight is 358 g/mol. The minimum absolute atomic E-state index is 0.158. The Morgan fingerprint density at radius 3 is 3.00 bits per heavy atom. The Morgan fingerprint density at radius 1 is 1.27 bits per heavy atom. The van der Waals surface area contributed by atoms with Crippen LogP contribution in [0.1, 0.15) is 19.3 Å². The summed E-state index contributed by atoms with van der Waals surface area (Å²) in [6.45, 7) is 1.89. The molecule has 138 valence electrons.